The molecule has 1 saturated heterocycles. The molecule has 4 rings (SSSR count). The van der Waals surface area contributed by atoms with Crippen LogP contribution in [0.2, 0.25) is 0 Å². The third-order valence-electron chi connectivity index (χ3n) is 5.14. The van der Waals surface area contributed by atoms with Crippen LogP contribution < -0.4 is 14.8 Å². The van der Waals surface area contributed by atoms with E-state index in [0.29, 0.717) is 19.0 Å². The van der Waals surface area contributed by atoms with Gasteiger partial charge in [-0.1, -0.05) is 12.1 Å². The minimum absolute atomic E-state index is 0.103. The molecule has 2 aliphatic rings. The van der Waals surface area contributed by atoms with Crippen molar-refractivity contribution in [1.82, 2.24) is 20.1 Å². The Labute approximate surface area is 165 Å². The van der Waals surface area contributed by atoms with Gasteiger partial charge in [-0.3, -0.25) is 14.7 Å². The average Bonchev–Trinajstić information content (AvgIpc) is 3.21. The summed E-state index contributed by atoms with van der Waals surface area (Å²) in [6.07, 6.45) is 2.58. The molecule has 1 aromatic heterocycles. The van der Waals surface area contributed by atoms with E-state index in [1.54, 1.807) is 12.3 Å². The summed E-state index contributed by atoms with van der Waals surface area (Å²) in [4.78, 5) is 21.0. The number of carbonyl (C=O) groups excluding carboxylic acids is 1. The minimum Gasteiger partial charge on any atom is -0.454 e. The topological polar surface area (TPSA) is 66.9 Å². The maximum absolute atomic E-state index is 12.0. The molecule has 3 heterocycles. The number of nitrogens with one attached hydrogen (secondary N) is 1. The molecule has 0 spiro atoms. The van der Waals surface area contributed by atoms with Crippen molar-refractivity contribution in [2.75, 3.05) is 46.1 Å². The van der Waals surface area contributed by atoms with Gasteiger partial charge in [0.2, 0.25) is 6.79 Å². The highest BCUT2D eigenvalue weighted by atomic mass is 16.7. The van der Waals surface area contributed by atoms with Gasteiger partial charge in [0, 0.05) is 45.5 Å². The Morgan fingerprint density at radius 2 is 1.86 bits per heavy atom. The smallest absolute Gasteiger partial charge is 0.269 e. The van der Waals surface area contributed by atoms with Crippen LogP contribution in [-0.2, 0) is 6.54 Å². The van der Waals surface area contributed by atoms with Crippen LogP contribution in [0.3, 0.4) is 0 Å². The van der Waals surface area contributed by atoms with Crippen LogP contribution in [0.1, 0.15) is 22.5 Å². The van der Waals surface area contributed by atoms with Crippen LogP contribution in [0.4, 0.5) is 0 Å². The van der Waals surface area contributed by atoms with Crippen molar-refractivity contribution in [3.63, 3.8) is 0 Å². The summed E-state index contributed by atoms with van der Waals surface area (Å²) in [5.41, 5.74) is 1.73. The third kappa shape index (κ3) is 4.79. The summed E-state index contributed by atoms with van der Waals surface area (Å²) in [7, 11) is 0. The maximum Gasteiger partial charge on any atom is 0.269 e. The second-order valence-electron chi connectivity index (χ2n) is 7.13. The molecule has 0 bridgehead atoms. The monoisotopic (exact) mass is 382 g/mol. The van der Waals surface area contributed by atoms with Gasteiger partial charge in [0.15, 0.2) is 11.5 Å². The van der Waals surface area contributed by atoms with E-state index in [1.165, 1.54) is 5.56 Å². The molecule has 7 heteroatoms. The van der Waals surface area contributed by atoms with Crippen LogP contribution in [-0.4, -0.2) is 66.8 Å². The molecule has 1 amide bonds. The zero-order valence-electron chi connectivity index (χ0n) is 16.0. The highest BCUT2D eigenvalue weighted by molar-refractivity contribution is 5.92. The van der Waals surface area contributed by atoms with Gasteiger partial charge >= 0.3 is 0 Å². The van der Waals surface area contributed by atoms with Crippen molar-refractivity contribution >= 4 is 5.91 Å². The number of piperazine rings is 1. The highest BCUT2D eigenvalue weighted by Crippen LogP contribution is 2.32. The van der Waals surface area contributed by atoms with Crippen molar-refractivity contribution in [3.8, 4) is 11.5 Å². The van der Waals surface area contributed by atoms with E-state index in [9.17, 15) is 4.79 Å². The normalized spacial score (nSPS) is 16.9. The summed E-state index contributed by atoms with van der Waals surface area (Å²) in [5, 5.41) is 2.94. The van der Waals surface area contributed by atoms with Crippen molar-refractivity contribution in [3.05, 3.63) is 53.9 Å². The number of amides is 1. The summed E-state index contributed by atoms with van der Waals surface area (Å²) in [6, 6.07) is 11.6. The second-order valence-corrected chi connectivity index (χ2v) is 7.13. The van der Waals surface area contributed by atoms with Crippen molar-refractivity contribution in [2.45, 2.75) is 13.0 Å². The number of ether oxygens (including phenoxy) is 2. The van der Waals surface area contributed by atoms with E-state index >= 15 is 0 Å². The zero-order valence-corrected chi connectivity index (χ0v) is 16.0. The molecule has 0 atom stereocenters. The summed E-state index contributed by atoms with van der Waals surface area (Å²) < 4.78 is 10.8. The summed E-state index contributed by atoms with van der Waals surface area (Å²) in [6.45, 7) is 7.14. The zero-order chi connectivity index (χ0) is 19.2. The standard InChI is InChI=1S/C21H26N4O3/c26-21(18-4-1-2-7-22-18)23-8-3-9-24-10-12-25(13-11-24)15-17-5-6-19-20(14-17)28-16-27-19/h1-2,4-7,14H,3,8-13,15-16H2,(H,23,26). The van der Waals surface area contributed by atoms with Crippen LogP contribution in [0.15, 0.2) is 42.6 Å². The lowest BCUT2D eigenvalue weighted by Crippen LogP contribution is -2.46. The molecule has 1 N–H and O–H groups in total. The quantitative estimate of drug-likeness (QED) is 0.736. The number of aromatic nitrogens is 1. The first-order valence-electron chi connectivity index (χ1n) is 9.80. The Bertz CT molecular complexity index is 791. The lowest BCUT2D eigenvalue weighted by Gasteiger charge is -2.34. The van der Waals surface area contributed by atoms with Crippen LogP contribution in [0.25, 0.3) is 0 Å². The first-order chi connectivity index (χ1) is 13.8. The molecule has 7 nitrogen and oxygen atoms in total. The van der Waals surface area contributed by atoms with Gasteiger partial charge in [0.25, 0.3) is 5.91 Å². The molecule has 148 valence electrons. The first-order valence-corrected chi connectivity index (χ1v) is 9.80. The van der Waals surface area contributed by atoms with Crippen LogP contribution in [0.5, 0.6) is 11.5 Å². The largest absolute Gasteiger partial charge is 0.454 e. The molecule has 0 radical (unpaired) electrons. The van der Waals surface area contributed by atoms with Gasteiger partial charge in [0.1, 0.15) is 5.69 Å². The molecule has 2 aliphatic heterocycles. The third-order valence-corrected chi connectivity index (χ3v) is 5.14. The van der Waals surface area contributed by atoms with Gasteiger partial charge in [-0.25, -0.2) is 0 Å². The summed E-state index contributed by atoms with van der Waals surface area (Å²) in [5.74, 6) is 1.58. The fourth-order valence-corrected chi connectivity index (χ4v) is 3.56. The molecule has 2 aromatic rings. The van der Waals surface area contributed by atoms with E-state index < -0.39 is 0 Å². The molecule has 1 fully saturated rings. The number of fused-ring (bicyclic) bond motifs is 1. The van der Waals surface area contributed by atoms with E-state index in [4.69, 9.17) is 9.47 Å². The highest BCUT2D eigenvalue weighted by Gasteiger charge is 2.18. The Hall–Kier alpha value is -2.64. The maximum atomic E-state index is 12.0. The van der Waals surface area contributed by atoms with Gasteiger partial charge in [-0.2, -0.15) is 0 Å². The molecule has 0 aliphatic carbocycles. The molecule has 1 aromatic carbocycles. The van der Waals surface area contributed by atoms with Crippen LogP contribution in [0, 0.1) is 0 Å². The first kappa shape index (κ1) is 18.7. The average molecular weight is 382 g/mol. The van der Waals surface area contributed by atoms with Crippen LogP contribution >= 0.6 is 0 Å². The molecule has 0 unspecified atom stereocenters. The van der Waals surface area contributed by atoms with Crippen molar-refractivity contribution in [2.24, 2.45) is 0 Å². The van der Waals surface area contributed by atoms with E-state index in [-0.39, 0.29) is 5.91 Å². The number of pyridine rings is 1. The van der Waals surface area contributed by atoms with Crippen molar-refractivity contribution < 1.29 is 14.3 Å². The fourth-order valence-electron chi connectivity index (χ4n) is 3.56. The lowest BCUT2D eigenvalue weighted by atomic mass is 10.1. The Morgan fingerprint density at radius 3 is 2.68 bits per heavy atom. The molecule has 0 saturated carbocycles. The van der Waals surface area contributed by atoms with Gasteiger partial charge in [-0.15, -0.1) is 0 Å². The molecule has 28 heavy (non-hydrogen) atoms. The van der Waals surface area contributed by atoms with Gasteiger partial charge in [0.05, 0.1) is 0 Å². The number of carbonyl (C=O) groups is 1. The predicted molar refractivity (Wildman–Crippen MR) is 105 cm³/mol. The number of hydrogen-bond donors (Lipinski definition) is 1. The number of nitrogens with zero attached hydrogens (tertiary/aromatic N) is 3. The number of benzene rings is 1. The lowest BCUT2D eigenvalue weighted by molar-refractivity contribution is 0.0942. The van der Waals surface area contributed by atoms with E-state index in [2.05, 4.69) is 32.2 Å². The van der Waals surface area contributed by atoms with Gasteiger partial charge < -0.3 is 19.7 Å². The number of rotatable bonds is 7. The van der Waals surface area contributed by atoms with E-state index in [0.717, 1.165) is 57.2 Å². The molecular weight excluding hydrogens is 356 g/mol. The molecular formula is C21H26N4O3. The Kier molecular flexibility index (Phi) is 6.04. The summed E-state index contributed by atoms with van der Waals surface area (Å²) >= 11 is 0. The minimum atomic E-state index is -0.103. The second kappa shape index (κ2) is 9.03. The fraction of sp³-hybridized carbons (Fsp3) is 0.429. The van der Waals surface area contributed by atoms with Crippen molar-refractivity contribution in [1.29, 1.82) is 0 Å². The van der Waals surface area contributed by atoms with E-state index in [1.807, 2.05) is 18.2 Å². The Morgan fingerprint density at radius 1 is 1.04 bits per heavy atom. The predicted octanol–water partition coefficient (Wildman–Crippen LogP) is 1.75. The number of hydrogen-bond acceptors (Lipinski definition) is 6. The SMILES string of the molecule is O=C(NCCCN1CCN(Cc2ccc3c(c2)OCO3)CC1)c1ccccn1. The van der Waals surface area contributed by atoms with Gasteiger partial charge in [-0.05, 0) is 42.8 Å². The Balaban J connectivity index is 1.13.